The Balaban J connectivity index is 2.59. The molecule has 20 heavy (non-hydrogen) atoms. The van der Waals surface area contributed by atoms with Crippen molar-refractivity contribution in [1.82, 2.24) is 15.6 Å². The highest BCUT2D eigenvalue weighted by Gasteiger charge is 2.17. The van der Waals surface area contributed by atoms with Crippen molar-refractivity contribution >= 4 is 29.1 Å². The zero-order valence-corrected chi connectivity index (χ0v) is 14.7. The van der Waals surface area contributed by atoms with Crippen molar-refractivity contribution < 1.29 is 0 Å². The first-order chi connectivity index (χ1) is 9.47. The molecule has 6 heteroatoms. The summed E-state index contributed by atoms with van der Waals surface area (Å²) in [7, 11) is 0. The van der Waals surface area contributed by atoms with E-state index in [0.29, 0.717) is 6.54 Å². The van der Waals surface area contributed by atoms with Gasteiger partial charge in [0.25, 0.3) is 0 Å². The lowest BCUT2D eigenvalue weighted by atomic mass is 9.93. The Kier molecular flexibility index (Phi) is 7.37. The maximum Gasteiger partial charge on any atom is 0.191 e. The summed E-state index contributed by atoms with van der Waals surface area (Å²) in [5, 5.41) is 9.78. The molecule has 1 aromatic heterocycles. The van der Waals surface area contributed by atoms with Crippen LogP contribution in [0.15, 0.2) is 10.4 Å². The lowest BCUT2D eigenvalue weighted by Crippen LogP contribution is -2.38. The maximum absolute atomic E-state index is 4.66. The highest BCUT2D eigenvalue weighted by molar-refractivity contribution is 7.98. The van der Waals surface area contributed by atoms with Crippen LogP contribution in [0, 0.1) is 0 Å². The number of rotatable bonds is 6. The number of guanidine groups is 1. The molecule has 4 nitrogen and oxygen atoms in total. The third kappa shape index (κ3) is 6.13. The first-order valence-corrected chi connectivity index (χ1v) is 9.20. The zero-order chi connectivity index (χ0) is 15.0. The average Bonchev–Trinajstić information content (AvgIpc) is 2.85. The van der Waals surface area contributed by atoms with Gasteiger partial charge in [0.1, 0.15) is 5.01 Å². The van der Waals surface area contributed by atoms with Crippen molar-refractivity contribution in [3.8, 4) is 0 Å². The van der Waals surface area contributed by atoms with E-state index in [-0.39, 0.29) is 5.41 Å². The summed E-state index contributed by atoms with van der Waals surface area (Å²) < 4.78 is 0. The molecule has 0 saturated heterocycles. The predicted molar refractivity (Wildman–Crippen MR) is 92.0 cm³/mol. The van der Waals surface area contributed by atoms with Crippen LogP contribution >= 0.6 is 23.1 Å². The van der Waals surface area contributed by atoms with Gasteiger partial charge in [-0.05, 0) is 13.2 Å². The standard InChI is InChI=1S/C14H26N4S2/c1-6-15-13(16-7-8-19-5)17-9-12-18-11(10-20-12)14(2,3)4/h10H,6-9H2,1-5H3,(H2,15,16,17). The monoisotopic (exact) mass is 314 g/mol. The highest BCUT2D eigenvalue weighted by Crippen LogP contribution is 2.24. The van der Waals surface area contributed by atoms with Crippen LogP contribution < -0.4 is 10.6 Å². The fourth-order valence-corrected chi connectivity index (χ4v) is 2.74. The van der Waals surface area contributed by atoms with Gasteiger partial charge < -0.3 is 10.6 Å². The van der Waals surface area contributed by atoms with Crippen LogP contribution in [-0.2, 0) is 12.0 Å². The summed E-state index contributed by atoms with van der Waals surface area (Å²) >= 11 is 3.51. The highest BCUT2D eigenvalue weighted by atomic mass is 32.2. The van der Waals surface area contributed by atoms with E-state index in [2.05, 4.69) is 59.9 Å². The van der Waals surface area contributed by atoms with Crippen molar-refractivity contribution in [2.75, 3.05) is 25.1 Å². The van der Waals surface area contributed by atoms with Gasteiger partial charge in [-0.1, -0.05) is 20.8 Å². The third-order valence-corrected chi connectivity index (χ3v) is 4.08. The molecule has 0 saturated carbocycles. The van der Waals surface area contributed by atoms with Crippen molar-refractivity contribution in [2.24, 2.45) is 4.99 Å². The quantitative estimate of drug-likeness (QED) is 0.481. The Morgan fingerprint density at radius 2 is 2.15 bits per heavy atom. The number of thiazole rings is 1. The molecule has 0 atom stereocenters. The van der Waals surface area contributed by atoms with Gasteiger partial charge in [-0.2, -0.15) is 11.8 Å². The summed E-state index contributed by atoms with van der Waals surface area (Å²) in [4.78, 5) is 9.25. The minimum absolute atomic E-state index is 0.111. The van der Waals surface area contributed by atoms with Crippen LogP contribution in [0.5, 0.6) is 0 Å². The average molecular weight is 315 g/mol. The van der Waals surface area contributed by atoms with Gasteiger partial charge >= 0.3 is 0 Å². The number of aliphatic imine (C=N–C) groups is 1. The molecule has 0 radical (unpaired) electrons. The van der Waals surface area contributed by atoms with Crippen molar-refractivity contribution in [3.63, 3.8) is 0 Å². The molecule has 0 aliphatic rings. The molecule has 0 aliphatic heterocycles. The lowest BCUT2D eigenvalue weighted by Gasteiger charge is -2.14. The minimum Gasteiger partial charge on any atom is -0.357 e. The van der Waals surface area contributed by atoms with Gasteiger partial charge in [-0.15, -0.1) is 11.3 Å². The fraction of sp³-hybridized carbons (Fsp3) is 0.714. The van der Waals surface area contributed by atoms with Gasteiger partial charge in [-0.25, -0.2) is 9.98 Å². The summed E-state index contributed by atoms with van der Waals surface area (Å²) in [6.45, 7) is 11.1. The SMILES string of the molecule is CCNC(=NCc1nc(C(C)(C)C)cs1)NCCSC. The Hall–Kier alpha value is -0.750. The Morgan fingerprint density at radius 1 is 1.40 bits per heavy atom. The van der Waals surface area contributed by atoms with E-state index in [0.717, 1.165) is 35.5 Å². The Labute approximate surface area is 130 Å². The molecule has 1 aromatic rings. The van der Waals surface area contributed by atoms with Crippen LogP contribution in [0.4, 0.5) is 0 Å². The van der Waals surface area contributed by atoms with Crippen LogP contribution in [-0.4, -0.2) is 36.0 Å². The van der Waals surface area contributed by atoms with E-state index in [1.807, 2.05) is 11.8 Å². The molecule has 0 unspecified atom stereocenters. The molecule has 0 amide bonds. The first-order valence-electron chi connectivity index (χ1n) is 6.93. The van der Waals surface area contributed by atoms with Crippen molar-refractivity contribution in [3.05, 3.63) is 16.1 Å². The molecule has 0 aromatic carbocycles. The van der Waals surface area contributed by atoms with Gasteiger partial charge in [0, 0.05) is 29.6 Å². The van der Waals surface area contributed by atoms with E-state index in [1.54, 1.807) is 11.3 Å². The molecule has 1 rings (SSSR count). The molecular formula is C14H26N4S2. The number of aromatic nitrogens is 1. The second-order valence-electron chi connectivity index (χ2n) is 5.49. The summed E-state index contributed by atoms with van der Waals surface area (Å²) in [6, 6.07) is 0. The second-order valence-corrected chi connectivity index (χ2v) is 7.42. The molecule has 0 spiro atoms. The summed E-state index contributed by atoms with van der Waals surface area (Å²) in [5.74, 6) is 1.95. The van der Waals surface area contributed by atoms with Gasteiger partial charge in [0.05, 0.1) is 12.2 Å². The van der Waals surface area contributed by atoms with Gasteiger partial charge in [0.2, 0.25) is 0 Å². The van der Waals surface area contributed by atoms with Crippen molar-refractivity contribution in [1.29, 1.82) is 0 Å². The topological polar surface area (TPSA) is 49.3 Å². The lowest BCUT2D eigenvalue weighted by molar-refractivity contribution is 0.571. The Bertz CT molecular complexity index is 421. The molecule has 114 valence electrons. The summed E-state index contributed by atoms with van der Waals surface area (Å²) in [5.41, 5.74) is 1.26. The smallest absolute Gasteiger partial charge is 0.191 e. The van der Waals surface area contributed by atoms with E-state index in [9.17, 15) is 0 Å². The Morgan fingerprint density at radius 3 is 2.70 bits per heavy atom. The minimum atomic E-state index is 0.111. The van der Waals surface area contributed by atoms with Gasteiger partial charge in [0.15, 0.2) is 5.96 Å². The second kappa shape index (κ2) is 8.52. The van der Waals surface area contributed by atoms with Crippen LogP contribution in [0.3, 0.4) is 0 Å². The van der Waals surface area contributed by atoms with Crippen LogP contribution in [0.2, 0.25) is 0 Å². The van der Waals surface area contributed by atoms with Gasteiger partial charge in [-0.3, -0.25) is 0 Å². The summed E-state index contributed by atoms with van der Waals surface area (Å²) in [6.07, 6.45) is 2.11. The molecule has 0 aliphatic carbocycles. The predicted octanol–water partition coefficient (Wildman–Crippen LogP) is 2.86. The van der Waals surface area contributed by atoms with E-state index in [4.69, 9.17) is 0 Å². The van der Waals surface area contributed by atoms with Crippen LogP contribution in [0.25, 0.3) is 0 Å². The molecule has 2 N–H and O–H groups in total. The maximum atomic E-state index is 4.66. The van der Waals surface area contributed by atoms with Crippen molar-refractivity contribution in [2.45, 2.75) is 39.7 Å². The number of thioether (sulfide) groups is 1. The van der Waals surface area contributed by atoms with Crippen LogP contribution in [0.1, 0.15) is 38.4 Å². The normalized spacial score (nSPS) is 12.6. The first kappa shape index (κ1) is 17.3. The van der Waals surface area contributed by atoms with E-state index >= 15 is 0 Å². The van der Waals surface area contributed by atoms with E-state index in [1.165, 1.54) is 0 Å². The third-order valence-electron chi connectivity index (χ3n) is 2.64. The zero-order valence-electron chi connectivity index (χ0n) is 13.1. The number of nitrogens with one attached hydrogen (secondary N) is 2. The number of hydrogen-bond donors (Lipinski definition) is 2. The largest absolute Gasteiger partial charge is 0.357 e. The van der Waals surface area contributed by atoms with E-state index < -0.39 is 0 Å². The number of nitrogens with zero attached hydrogens (tertiary/aromatic N) is 2. The number of hydrogen-bond acceptors (Lipinski definition) is 4. The molecular weight excluding hydrogens is 288 g/mol. The molecule has 0 bridgehead atoms. The molecule has 1 heterocycles. The fourth-order valence-electron chi connectivity index (χ4n) is 1.49. The molecule has 0 fully saturated rings.